The number of benzene rings is 1. The first-order valence-electron chi connectivity index (χ1n) is 8.99. The number of para-hydroxylation sites is 1. The molecule has 3 aromatic rings. The summed E-state index contributed by atoms with van der Waals surface area (Å²) in [6.45, 7) is 2.36. The molecule has 1 aliphatic rings. The van der Waals surface area contributed by atoms with Crippen molar-refractivity contribution in [3.8, 4) is 5.75 Å². The van der Waals surface area contributed by atoms with Crippen molar-refractivity contribution in [2.24, 2.45) is 0 Å². The first-order chi connectivity index (χ1) is 13.2. The molecule has 0 radical (unpaired) electrons. The molecule has 4 rings (SSSR count). The molecule has 1 unspecified atom stereocenters. The summed E-state index contributed by atoms with van der Waals surface area (Å²) < 4.78 is 5.34. The van der Waals surface area contributed by atoms with Crippen LogP contribution in [0.4, 0.5) is 0 Å². The third-order valence-corrected chi connectivity index (χ3v) is 7.07. The molecule has 1 atom stereocenters. The smallest absolute Gasteiger partial charge is 0.233 e. The van der Waals surface area contributed by atoms with E-state index in [1.807, 2.05) is 31.2 Å². The van der Waals surface area contributed by atoms with Crippen LogP contribution in [0.15, 0.2) is 35.6 Å². The van der Waals surface area contributed by atoms with Crippen LogP contribution in [-0.4, -0.2) is 28.2 Å². The highest BCUT2D eigenvalue weighted by atomic mass is 32.2. The Kier molecular flexibility index (Phi) is 5.31. The standard InChI is InChI=1S/C20H21N3O2S2/c1-12(18(24)21-10-13-6-3-4-8-15(13)25-2)26-19-17-14-7-5-9-16(14)27-20(17)23-11-22-19/h3-4,6,8,11-12H,5,7,9-10H2,1-2H3,(H,21,24). The third-order valence-electron chi connectivity index (χ3n) is 4.77. The number of thioether (sulfide) groups is 1. The van der Waals surface area contributed by atoms with Gasteiger partial charge in [0.05, 0.1) is 12.4 Å². The predicted molar refractivity (Wildman–Crippen MR) is 110 cm³/mol. The average molecular weight is 400 g/mol. The number of amides is 1. The first-order valence-corrected chi connectivity index (χ1v) is 10.7. The Morgan fingerprint density at radius 1 is 1.33 bits per heavy atom. The summed E-state index contributed by atoms with van der Waals surface area (Å²) in [6.07, 6.45) is 5.03. The summed E-state index contributed by atoms with van der Waals surface area (Å²) in [5.74, 6) is 0.772. The van der Waals surface area contributed by atoms with Crippen molar-refractivity contribution in [2.75, 3.05) is 7.11 Å². The zero-order valence-electron chi connectivity index (χ0n) is 15.3. The van der Waals surface area contributed by atoms with Gasteiger partial charge in [0.2, 0.25) is 5.91 Å². The van der Waals surface area contributed by atoms with Crippen LogP contribution in [0.25, 0.3) is 10.2 Å². The summed E-state index contributed by atoms with van der Waals surface area (Å²) in [4.78, 5) is 24.0. The average Bonchev–Trinajstić information content (AvgIpc) is 3.27. The molecule has 1 amide bonds. The second kappa shape index (κ2) is 7.86. The molecule has 1 aliphatic carbocycles. The third kappa shape index (κ3) is 3.66. The molecule has 5 nitrogen and oxygen atoms in total. The monoisotopic (exact) mass is 399 g/mol. The van der Waals surface area contributed by atoms with Gasteiger partial charge in [-0.3, -0.25) is 4.79 Å². The van der Waals surface area contributed by atoms with E-state index in [9.17, 15) is 4.79 Å². The Balaban J connectivity index is 1.47. The van der Waals surface area contributed by atoms with E-state index < -0.39 is 0 Å². The highest BCUT2D eigenvalue weighted by molar-refractivity contribution is 8.00. The summed E-state index contributed by atoms with van der Waals surface area (Å²) >= 11 is 3.28. The lowest BCUT2D eigenvalue weighted by Crippen LogP contribution is -2.30. The van der Waals surface area contributed by atoms with Crippen LogP contribution >= 0.6 is 23.1 Å². The van der Waals surface area contributed by atoms with Crippen molar-refractivity contribution < 1.29 is 9.53 Å². The number of nitrogens with one attached hydrogen (secondary N) is 1. The second-order valence-corrected chi connectivity index (χ2v) is 8.92. The molecular weight excluding hydrogens is 378 g/mol. The molecule has 0 saturated carbocycles. The van der Waals surface area contributed by atoms with E-state index in [-0.39, 0.29) is 11.2 Å². The van der Waals surface area contributed by atoms with Crippen LogP contribution in [-0.2, 0) is 24.2 Å². The number of thiophene rings is 1. The Morgan fingerprint density at radius 2 is 2.19 bits per heavy atom. The van der Waals surface area contributed by atoms with Gasteiger partial charge in [-0.25, -0.2) is 9.97 Å². The van der Waals surface area contributed by atoms with Gasteiger partial charge in [-0.15, -0.1) is 11.3 Å². The fourth-order valence-electron chi connectivity index (χ4n) is 3.39. The molecule has 0 fully saturated rings. The fraction of sp³-hybridized carbons (Fsp3) is 0.350. The van der Waals surface area contributed by atoms with Crippen molar-refractivity contribution in [1.82, 2.24) is 15.3 Å². The highest BCUT2D eigenvalue weighted by Crippen LogP contribution is 2.40. The van der Waals surface area contributed by atoms with Gasteiger partial charge in [-0.2, -0.15) is 0 Å². The number of aryl methyl sites for hydroxylation is 2. The van der Waals surface area contributed by atoms with Gasteiger partial charge in [-0.1, -0.05) is 30.0 Å². The molecule has 7 heteroatoms. The maximum absolute atomic E-state index is 12.6. The maximum atomic E-state index is 12.6. The number of methoxy groups -OCH3 is 1. The molecular formula is C20H21N3O2S2. The van der Waals surface area contributed by atoms with Gasteiger partial charge in [-0.05, 0) is 37.8 Å². The van der Waals surface area contributed by atoms with E-state index in [0.29, 0.717) is 6.54 Å². The number of carbonyl (C=O) groups is 1. The number of hydrogen-bond donors (Lipinski definition) is 1. The Hall–Kier alpha value is -2.12. The second-order valence-electron chi connectivity index (χ2n) is 6.51. The van der Waals surface area contributed by atoms with Crippen molar-refractivity contribution >= 4 is 39.2 Å². The van der Waals surface area contributed by atoms with Crippen LogP contribution in [0.5, 0.6) is 5.75 Å². The van der Waals surface area contributed by atoms with Gasteiger partial charge in [0, 0.05) is 22.4 Å². The number of hydrogen-bond acceptors (Lipinski definition) is 6. The molecule has 0 bridgehead atoms. The molecule has 0 saturated heterocycles. The molecule has 27 heavy (non-hydrogen) atoms. The first kappa shape index (κ1) is 18.3. The van der Waals surface area contributed by atoms with E-state index in [0.717, 1.165) is 39.4 Å². The molecule has 2 heterocycles. The van der Waals surface area contributed by atoms with E-state index >= 15 is 0 Å². The summed E-state index contributed by atoms with van der Waals surface area (Å²) in [5.41, 5.74) is 2.35. The van der Waals surface area contributed by atoms with Crippen LogP contribution in [0.2, 0.25) is 0 Å². The number of carbonyl (C=O) groups excluding carboxylic acids is 1. The molecule has 0 spiro atoms. The molecule has 2 aromatic heterocycles. The molecule has 0 aliphatic heterocycles. The van der Waals surface area contributed by atoms with Gasteiger partial charge in [0.15, 0.2) is 0 Å². The van der Waals surface area contributed by atoms with E-state index in [1.165, 1.54) is 28.6 Å². The van der Waals surface area contributed by atoms with E-state index in [4.69, 9.17) is 4.74 Å². The lowest BCUT2D eigenvalue weighted by atomic mass is 10.2. The molecule has 1 N–H and O–H groups in total. The Bertz CT molecular complexity index is 987. The largest absolute Gasteiger partial charge is 0.496 e. The lowest BCUT2D eigenvalue weighted by molar-refractivity contribution is -0.120. The van der Waals surface area contributed by atoms with Crippen molar-refractivity contribution in [3.05, 3.63) is 46.6 Å². The normalized spacial score (nSPS) is 14.1. The van der Waals surface area contributed by atoms with Gasteiger partial charge >= 0.3 is 0 Å². The fourth-order valence-corrected chi connectivity index (χ4v) is 5.65. The lowest BCUT2D eigenvalue weighted by Gasteiger charge is -2.14. The maximum Gasteiger partial charge on any atom is 0.233 e. The molecule has 140 valence electrons. The number of fused-ring (bicyclic) bond motifs is 3. The number of rotatable bonds is 6. The zero-order valence-corrected chi connectivity index (χ0v) is 17.0. The van der Waals surface area contributed by atoms with Crippen molar-refractivity contribution in [2.45, 2.75) is 43.0 Å². The number of aromatic nitrogens is 2. The van der Waals surface area contributed by atoms with E-state index in [1.54, 1.807) is 24.8 Å². The number of ether oxygens (including phenoxy) is 1. The minimum atomic E-state index is -0.241. The Labute approximate surface area is 166 Å². The zero-order chi connectivity index (χ0) is 18.8. The van der Waals surface area contributed by atoms with Gasteiger partial charge in [0.1, 0.15) is 21.9 Å². The quantitative estimate of drug-likeness (QED) is 0.502. The summed E-state index contributed by atoms with van der Waals surface area (Å²) in [6, 6.07) is 7.72. The van der Waals surface area contributed by atoms with Crippen molar-refractivity contribution in [1.29, 1.82) is 0 Å². The molecule has 1 aromatic carbocycles. The SMILES string of the molecule is COc1ccccc1CNC(=O)C(C)Sc1ncnc2sc3c(c12)CCC3. The topological polar surface area (TPSA) is 64.1 Å². The van der Waals surface area contributed by atoms with Crippen LogP contribution in [0, 0.1) is 0 Å². The summed E-state index contributed by atoms with van der Waals surface area (Å²) in [7, 11) is 1.64. The van der Waals surface area contributed by atoms with Gasteiger partial charge in [0.25, 0.3) is 0 Å². The predicted octanol–water partition coefficient (Wildman–Crippen LogP) is 3.99. The van der Waals surface area contributed by atoms with E-state index in [2.05, 4.69) is 15.3 Å². The Morgan fingerprint density at radius 3 is 3.04 bits per heavy atom. The van der Waals surface area contributed by atoms with Crippen LogP contribution in [0.3, 0.4) is 0 Å². The van der Waals surface area contributed by atoms with Crippen LogP contribution < -0.4 is 10.1 Å². The van der Waals surface area contributed by atoms with Crippen molar-refractivity contribution in [3.63, 3.8) is 0 Å². The minimum Gasteiger partial charge on any atom is -0.496 e. The van der Waals surface area contributed by atoms with Crippen LogP contribution in [0.1, 0.15) is 29.3 Å². The number of nitrogens with zero attached hydrogens (tertiary/aromatic N) is 2. The summed E-state index contributed by atoms with van der Waals surface area (Å²) in [5, 5.41) is 4.84. The minimum absolute atomic E-state index is 0.00968. The highest BCUT2D eigenvalue weighted by Gasteiger charge is 2.23. The van der Waals surface area contributed by atoms with Gasteiger partial charge < -0.3 is 10.1 Å².